The molecule has 0 saturated carbocycles. The van der Waals surface area contributed by atoms with Crippen LogP contribution in [0.5, 0.6) is 0 Å². The van der Waals surface area contributed by atoms with Crippen LogP contribution in [0.15, 0.2) is 29.3 Å². The summed E-state index contributed by atoms with van der Waals surface area (Å²) in [5.74, 6) is 0. The van der Waals surface area contributed by atoms with Crippen LogP contribution in [0.25, 0.3) is 0 Å². The largest absolute Gasteiger partial charge is 0.396 e. The van der Waals surface area contributed by atoms with Gasteiger partial charge in [0.15, 0.2) is 0 Å². The summed E-state index contributed by atoms with van der Waals surface area (Å²) in [6.45, 7) is 2.14. The number of nitrogens with zero attached hydrogens (tertiary/aromatic N) is 2. The van der Waals surface area contributed by atoms with Gasteiger partial charge in [0.2, 0.25) is 0 Å². The summed E-state index contributed by atoms with van der Waals surface area (Å²) < 4.78 is 0. The Bertz CT molecular complexity index is 332. The number of hydrogen-bond acceptors (Lipinski definition) is 3. The van der Waals surface area contributed by atoms with E-state index in [1.165, 1.54) is 11.3 Å². The van der Waals surface area contributed by atoms with E-state index in [1.807, 2.05) is 6.34 Å². The molecule has 0 bridgehead atoms. The summed E-state index contributed by atoms with van der Waals surface area (Å²) in [6.07, 6.45) is 3.68. The molecule has 0 spiro atoms. The highest BCUT2D eigenvalue weighted by atomic mass is 16.2. The molecule has 1 aromatic rings. The zero-order chi connectivity index (χ0) is 10.5. The van der Waals surface area contributed by atoms with Gasteiger partial charge < -0.3 is 10.0 Å². The van der Waals surface area contributed by atoms with Gasteiger partial charge in [-0.3, -0.25) is 4.99 Å². The second-order valence-corrected chi connectivity index (χ2v) is 3.71. The van der Waals surface area contributed by atoms with Crippen LogP contribution in [0.2, 0.25) is 0 Å². The molecule has 1 aliphatic heterocycles. The van der Waals surface area contributed by atoms with E-state index < -0.39 is 0 Å². The Morgan fingerprint density at radius 3 is 2.67 bits per heavy atom. The Morgan fingerprint density at radius 1 is 1.27 bits per heavy atom. The van der Waals surface area contributed by atoms with Crippen molar-refractivity contribution < 1.29 is 5.11 Å². The van der Waals surface area contributed by atoms with Gasteiger partial charge in [0.25, 0.3) is 0 Å². The first-order valence-corrected chi connectivity index (χ1v) is 5.36. The van der Waals surface area contributed by atoms with Crippen LogP contribution in [-0.4, -0.2) is 31.1 Å². The second kappa shape index (κ2) is 4.94. The van der Waals surface area contributed by atoms with Gasteiger partial charge in [-0.25, -0.2) is 0 Å². The summed E-state index contributed by atoms with van der Waals surface area (Å²) in [5, 5.41) is 8.73. The number of hydrogen-bond donors (Lipinski definition) is 1. The molecule has 1 N–H and O–H groups in total. The van der Waals surface area contributed by atoms with Gasteiger partial charge in [0.05, 0.1) is 12.9 Å². The highest BCUT2D eigenvalue weighted by molar-refractivity contribution is 5.80. The van der Waals surface area contributed by atoms with E-state index in [9.17, 15) is 0 Å². The number of benzene rings is 1. The summed E-state index contributed by atoms with van der Waals surface area (Å²) in [4.78, 5) is 6.33. The molecule has 3 heteroatoms. The van der Waals surface area contributed by atoms with Gasteiger partial charge >= 0.3 is 0 Å². The van der Waals surface area contributed by atoms with Crippen molar-refractivity contribution in [1.29, 1.82) is 0 Å². The van der Waals surface area contributed by atoms with Crippen molar-refractivity contribution >= 4 is 12.0 Å². The molecular formula is C12H16N2O. The molecule has 0 unspecified atom stereocenters. The van der Waals surface area contributed by atoms with E-state index in [1.54, 1.807) is 0 Å². The zero-order valence-electron chi connectivity index (χ0n) is 8.76. The van der Waals surface area contributed by atoms with Crippen molar-refractivity contribution in [1.82, 2.24) is 0 Å². The highest BCUT2D eigenvalue weighted by Gasteiger charge is 2.06. The summed E-state index contributed by atoms with van der Waals surface area (Å²) in [6, 6.07) is 8.47. The third-order valence-corrected chi connectivity index (χ3v) is 2.58. The Morgan fingerprint density at radius 2 is 2.07 bits per heavy atom. The topological polar surface area (TPSA) is 35.8 Å². The first-order valence-electron chi connectivity index (χ1n) is 5.36. The lowest BCUT2D eigenvalue weighted by atomic mass is 10.1. The Kier molecular flexibility index (Phi) is 3.35. The van der Waals surface area contributed by atoms with Crippen molar-refractivity contribution in [3.8, 4) is 0 Å². The fourth-order valence-corrected chi connectivity index (χ4v) is 1.71. The van der Waals surface area contributed by atoms with Gasteiger partial charge in [-0.2, -0.15) is 0 Å². The lowest BCUT2D eigenvalue weighted by Gasteiger charge is -2.14. The molecule has 0 aliphatic carbocycles. The SMILES string of the molecule is OCCCc1ccc(N2C=NCC2)cc1. The molecule has 1 aliphatic rings. The molecular weight excluding hydrogens is 188 g/mol. The van der Waals surface area contributed by atoms with Crippen molar-refractivity contribution in [3.63, 3.8) is 0 Å². The summed E-state index contributed by atoms with van der Waals surface area (Å²) >= 11 is 0. The minimum Gasteiger partial charge on any atom is -0.396 e. The molecule has 1 heterocycles. The molecule has 15 heavy (non-hydrogen) atoms. The monoisotopic (exact) mass is 204 g/mol. The maximum Gasteiger partial charge on any atom is 0.0895 e. The zero-order valence-corrected chi connectivity index (χ0v) is 8.76. The van der Waals surface area contributed by atoms with Crippen LogP contribution in [0.4, 0.5) is 5.69 Å². The Hall–Kier alpha value is -1.35. The number of rotatable bonds is 4. The first-order chi connectivity index (χ1) is 7.40. The van der Waals surface area contributed by atoms with E-state index >= 15 is 0 Å². The number of aliphatic imine (C=N–C) groups is 1. The van der Waals surface area contributed by atoms with Crippen LogP contribution in [0.1, 0.15) is 12.0 Å². The molecule has 80 valence electrons. The molecule has 0 saturated heterocycles. The fourth-order valence-electron chi connectivity index (χ4n) is 1.71. The van der Waals surface area contributed by atoms with Crippen molar-refractivity contribution in [2.75, 3.05) is 24.6 Å². The van der Waals surface area contributed by atoms with E-state index in [0.717, 1.165) is 25.9 Å². The van der Waals surface area contributed by atoms with Gasteiger partial charge in [-0.15, -0.1) is 0 Å². The Balaban J connectivity index is 2.00. The van der Waals surface area contributed by atoms with E-state index in [-0.39, 0.29) is 6.61 Å². The van der Waals surface area contributed by atoms with Crippen LogP contribution < -0.4 is 4.90 Å². The van der Waals surface area contributed by atoms with E-state index in [0.29, 0.717) is 0 Å². The van der Waals surface area contributed by atoms with Crippen LogP contribution in [0.3, 0.4) is 0 Å². The van der Waals surface area contributed by atoms with Crippen LogP contribution in [0, 0.1) is 0 Å². The van der Waals surface area contributed by atoms with Crippen molar-refractivity contribution in [3.05, 3.63) is 29.8 Å². The number of aryl methyl sites for hydroxylation is 1. The lowest BCUT2D eigenvalue weighted by molar-refractivity contribution is 0.288. The van der Waals surface area contributed by atoms with Gasteiger partial charge in [0, 0.05) is 18.8 Å². The summed E-state index contributed by atoms with van der Waals surface area (Å²) in [5.41, 5.74) is 2.48. The van der Waals surface area contributed by atoms with Crippen LogP contribution >= 0.6 is 0 Å². The maximum atomic E-state index is 8.73. The van der Waals surface area contributed by atoms with Gasteiger partial charge in [0.1, 0.15) is 0 Å². The summed E-state index contributed by atoms with van der Waals surface area (Å²) in [7, 11) is 0. The predicted molar refractivity (Wildman–Crippen MR) is 62.6 cm³/mol. The van der Waals surface area contributed by atoms with Crippen LogP contribution in [-0.2, 0) is 6.42 Å². The molecule has 0 amide bonds. The number of anilines is 1. The number of aliphatic hydroxyl groups is 1. The normalized spacial score (nSPS) is 14.9. The Labute approximate surface area is 90.1 Å². The van der Waals surface area contributed by atoms with Crippen molar-refractivity contribution in [2.45, 2.75) is 12.8 Å². The molecule has 0 aromatic heterocycles. The molecule has 3 nitrogen and oxygen atoms in total. The van der Waals surface area contributed by atoms with Gasteiger partial charge in [-0.05, 0) is 30.5 Å². The van der Waals surface area contributed by atoms with E-state index in [4.69, 9.17) is 5.11 Å². The van der Waals surface area contributed by atoms with E-state index in [2.05, 4.69) is 34.2 Å². The first kappa shape index (κ1) is 10.2. The molecule has 0 fully saturated rings. The molecule has 0 radical (unpaired) electrons. The molecule has 0 atom stereocenters. The van der Waals surface area contributed by atoms with Gasteiger partial charge in [-0.1, -0.05) is 12.1 Å². The average Bonchev–Trinajstić information content (AvgIpc) is 2.80. The minimum absolute atomic E-state index is 0.264. The third kappa shape index (κ3) is 2.57. The second-order valence-electron chi connectivity index (χ2n) is 3.71. The quantitative estimate of drug-likeness (QED) is 0.806. The highest BCUT2D eigenvalue weighted by Crippen LogP contribution is 2.16. The standard InChI is InChI=1S/C12H16N2O/c15-9-1-2-11-3-5-12(6-4-11)14-8-7-13-10-14/h3-6,10,15H,1-2,7-9H2. The van der Waals surface area contributed by atoms with Crippen molar-refractivity contribution in [2.24, 2.45) is 4.99 Å². The minimum atomic E-state index is 0.264. The third-order valence-electron chi connectivity index (χ3n) is 2.58. The lowest BCUT2D eigenvalue weighted by Crippen LogP contribution is -2.17. The number of aliphatic hydroxyl groups excluding tert-OH is 1. The fraction of sp³-hybridized carbons (Fsp3) is 0.417. The molecule has 1 aromatic carbocycles. The maximum absolute atomic E-state index is 8.73. The predicted octanol–water partition coefficient (Wildman–Crippen LogP) is 1.46. The smallest absolute Gasteiger partial charge is 0.0895 e. The molecule has 2 rings (SSSR count). The average molecular weight is 204 g/mol.